The molecule has 1 heterocycles. The van der Waals surface area contributed by atoms with Crippen molar-refractivity contribution in [3.8, 4) is 17.1 Å². The Bertz CT molecular complexity index is 881. The Hall–Kier alpha value is -2.44. The molecule has 1 aromatic heterocycles. The Kier molecular flexibility index (Phi) is 6.20. The van der Waals surface area contributed by atoms with Crippen LogP contribution in [0.1, 0.15) is 5.56 Å². The summed E-state index contributed by atoms with van der Waals surface area (Å²) in [6, 6.07) is 14.9. The van der Waals surface area contributed by atoms with Gasteiger partial charge in [-0.3, -0.25) is 4.79 Å². The number of carbonyl (C=O) groups is 1. The molecule has 5 nitrogen and oxygen atoms in total. The van der Waals surface area contributed by atoms with Crippen LogP contribution < -0.4 is 10.1 Å². The molecule has 0 aliphatic heterocycles. The van der Waals surface area contributed by atoms with E-state index < -0.39 is 0 Å². The number of amides is 1. The van der Waals surface area contributed by atoms with Crippen molar-refractivity contribution in [1.29, 1.82) is 0 Å². The second-order valence-corrected chi connectivity index (χ2v) is 6.78. The molecule has 0 unspecified atom stereocenters. The van der Waals surface area contributed by atoms with Crippen LogP contribution in [0.25, 0.3) is 11.3 Å². The Morgan fingerprint density at radius 2 is 2.08 bits per heavy atom. The summed E-state index contributed by atoms with van der Waals surface area (Å²) in [6.45, 7) is 0.443. The van der Waals surface area contributed by atoms with Crippen LogP contribution in [0.15, 0.2) is 64.4 Å². The summed E-state index contributed by atoms with van der Waals surface area (Å²) in [4.78, 5) is 16.2. The molecule has 2 aromatic carbocycles. The second kappa shape index (κ2) is 8.78. The number of aromatic nitrogens is 1. The van der Waals surface area contributed by atoms with Crippen LogP contribution in [0.2, 0.25) is 5.02 Å². The van der Waals surface area contributed by atoms with Gasteiger partial charge in [0, 0.05) is 17.1 Å². The molecule has 3 aromatic rings. The van der Waals surface area contributed by atoms with Gasteiger partial charge in [-0.05, 0) is 42.0 Å². The summed E-state index contributed by atoms with van der Waals surface area (Å²) in [5, 5.41) is 3.98. The second-order valence-electron chi connectivity index (χ2n) is 5.41. The Labute approximate surface area is 160 Å². The number of nitrogens with zero attached hydrogens (tertiary/aromatic N) is 1. The molecular weight excluding hydrogens is 372 g/mol. The zero-order valence-electron chi connectivity index (χ0n) is 14.1. The van der Waals surface area contributed by atoms with Gasteiger partial charge in [0.05, 0.1) is 19.1 Å². The summed E-state index contributed by atoms with van der Waals surface area (Å²) in [5.74, 6) is 1.54. The van der Waals surface area contributed by atoms with Crippen LogP contribution >= 0.6 is 23.4 Å². The van der Waals surface area contributed by atoms with E-state index in [4.69, 9.17) is 20.8 Å². The summed E-state index contributed by atoms with van der Waals surface area (Å²) in [6.07, 6.45) is 1.64. The summed E-state index contributed by atoms with van der Waals surface area (Å²) >= 11 is 7.13. The van der Waals surface area contributed by atoms with Crippen LogP contribution in [0.3, 0.4) is 0 Å². The SMILES string of the molecule is COc1cccc(CNC(=O)CSc2ncc(-c3ccc(Cl)cc3)o2)c1. The first-order chi connectivity index (χ1) is 12.6. The molecule has 0 aliphatic rings. The van der Waals surface area contributed by atoms with Crippen molar-refractivity contribution in [1.82, 2.24) is 10.3 Å². The maximum absolute atomic E-state index is 12.0. The van der Waals surface area contributed by atoms with E-state index in [0.717, 1.165) is 16.9 Å². The zero-order valence-corrected chi connectivity index (χ0v) is 15.6. The van der Waals surface area contributed by atoms with Crippen molar-refractivity contribution in [2.45, 2.75) is 11.8 Å². The summed E-state index contributed by atoms with van der Waals surface area (Å²) < 4.78 is 10.8. The number of oxazole rings is 1. The summed E-state index contributed by atoms with van der Waals surface area (Å²) in [7, 11) is 1.61. The molecule has 0 bridgehead atoms. The fraction of sp³-hybridized carbons (Fsp3) is 0.158. The van der Waals surface area contributed by atoms with Crippen LogP contribution in [-0.2, 0) is 11.3 Å². The van der Waals surface area contributed by atoms with Gasteiger partial charge in [0.2, 0.25) is 5.91 Å². The Morgan fingerprint density at radius 3 is 2.85 bits per heavy atom. The van der Waals surface area contributed by atoms with Gasteiger partial charge < -0.3 is 14.5 Å². The molecule has 1 N–H and O–H groups in total. The number of benzene rings is 2. The fourth-order valence-electron chi connectivity index (χ4n) is 2.23. The van der Waals surface area contributed by atoms with Crippen LogP contribution in [0, 0.1) is 0 Å². The van der Waals surface area contributed by atoms with Crippen LogP contribution in [-0.4, -0.2) is 23.8 Å². The van der Waals surface area contributed by atoms with E-state index in [1.54, 1.807) is 25.4 Å². The first kappa shape index (κ1) is 18.4. The van der Waals surface area contributed by atoms with Crippen molar-refractivity contribution >= 4 is 29.3 Å². The Morgan fingerprint density at radius 1 is 1.27 bits per heavy atom. The minimum absolute atomic E-state index is 0.0935. The number of hydrogen-bond donors (Lipinski definition) is 1. The number of nitrogens with one attached hydrogen (secondary N) is 1. The van der Waals surface area contributed by atoms with Gasteiger partial charge in [-0.1, -0.05) is 35.5 Å². The molecule has 0 saturated carbocycles. The van der Waals surface area contributed by atoms with E-state index in [-0.39, 0.29) is 11.7 Å². The number of methoxy groups -OCH3 is 1. The quantitative estimate of drug-likeness (QED) is 0.607. The van der Waals surface area contributed by atoms with Crippen LogP contribution in [0.4, 0.5) is 0 Å². The van der Waals surface area contributed by atoms with Crippen molar-refractivity contribution < 1.29 is 13.9 Å². The highest BCUT2D eigenvalue weighted by molar-refractivity contribution is 7.99. The topological polar surface area (TPSA) is 64.4 Å². The molecule has 0 radical (unpaired) electrons. The highest BCUT2D eigenvalue weighted by Crippen LogP contribution is 2.26. The minimum Gasteiger partial charge on any atom is -0.497 e. The van der Waals surface area contributed by atoms with Gasteiger partial charge in [0.25, 0.3) is 5.22 Å². The van der Waals surface area contributed by atoms with Gasteiger partial charge in [-0.25, -0.2) is 4.98 Å². The van der Waals surface area contributed by atoms with Gasteiger partial charge in [0.15, 0.2) is 5.76 Å². The standard InChI is InChI=1S/C19H17ClN2O3S/c1-24-16-4-2-3-13(9-16)10-21-18(23)12-26-19-22-11-17(25-19)14-5-7-15(20)8-6-14/h2-9,11H,10,12H2,1H3,(H,21,23). The van der Waals surface area contributed by atoms with Crippen molar-refractivity contribution in [2.75, 3.05) is 12.9 Å². The number of ether oxygens (including phenoxy) is 1. The number of thioether (sulfide) groups is 1. The zero-order chi connectivity index (χ0) is 18.4. The van der Waals surface area contributed by atoms with E-state index >= 15 is 0 Å². The number of hydrogen-bond acceptors (Lipinski definition) is 5. The lowest BCUT2D eigenvalue weighted by Crippen LogP contribution is -2.24. The molecule has 0 saturated heterocycles. The van der Waals surface area contributed by atoms with E-state index in [0.29, 0.717) is 22.6 Å². The van der Waals surface area contributed by atoms with Crippen molar-refractivity contribution in [2.24, 2.45) is 0 Å². The average Bonchev–Trinajstić information content (AvgIpc) is 3.14. The van der Waals surface area contributed by atoms with Gasteiger partial charge >= 0.3 is 0 Å². The summed E-state index contributed by atoms with van der Waals surface area (Å²) in [5.41, 5.74) is 1.86. The van der Waals surface area contributed by atoms with Gasteiger partial charge in [-0.15, -0.1) is 0 Å². The third kappa shape index (κ3) is 5.03. The molecule has 134 valence electrons. The molecule has 1 amide bonds. The monoisotopic (exact) mass is 388 g/mol. The predicted molar refractivity (Wildman–Crippen MR) is 103 cm³/mol. The van der Waals surface area contributed by atoms with Gasteiger partial charge in [0.1, 0.15) is 5.75 Å². The molecule has 26 heavy (non-hydrogen) atoms. The fourth-order valence-corrected chi connectivity index (χ4v) is 2.99. The van der Waals surface area contributed by atoms with Crippen molar-refractivity contribution in [3.63, 3.8) is 0 Å². The molecule has 0 spiro atoms. The lowest BCUT2D eigenvalue weighted by molar-refractivity contribution is -0.118. The molecule has 0 aliphatic carbocycles. The molecule has 3 rings (SSSR count). The predicted octanol–water partition coefficient (Wildman–Crippen LogP) is 4.41. The lowest BCUT2D eigenvalue weighted by Gasteiger charge is -2.06. The molecular formula is C19H17ClN2O3S. The molecule has 0 atom stereocenters. The Balaban J connectivity index is 1.49. The molecule has 0 fully saturated rings. The third-order valence-electron chi connectivity index (χ3n) is 3.56. The van der Waals surface area contributed by atoms with Gasteiger partial charge in [-0.2, -0.15) is 0 Å². The normalized spacial score (nSPS) is 10.5. The maximum atomic E-state index is 12.0. The first-order valence-corrected chi connectivity index (χ1v) is 9.24. The van der Waals surface area contributed by atoms with Crippen LogP contribution in [0.5, 0.6) is 5.75 Å². The van der Waals surface area contributed by atoms with E-state index in [2.05, 4.69) is 10.3 Å². The largest absolute Gasteiger partial charge is 0.497 e. The van der Waals surface area contributed by atoms with Crippen molar-refractivity contribution in [3.05, 3.63) is 65.3 Å². The number of halogens is 1. The van der Waals surface area contributed by atoms with E-state index in [9.17, 15) is 4.79 Å². The van der Waals surface area contributed by atoms with E-state index in [1.165, 1.54) is 11.8 Å². The average molecular weight is 389 g/mol. The highest BCUT2D eigenvalue weighted by atomic mass is 35.5. The maximum Gasteiger partial charge on any atom is 0.256 e. The molecule has 7 heteroatoms. The highest BCUT2D eigenvalue weighted by Gasteiger charge is 2.10. The minimum atomic E-state index is -0.0935. The first-order valence-electron chi connectivity index (χ1n) is 7.88. The number of carbonyl (C=O) groups excluding carboxylic acids is 1. The van der Waals surface area contributed by atoms with E-state index in [1.807, 2.05) is 36.4 Å². The third-order valence-corrected chi connectivity index (χ3v) is 4.66. The smallest absolute Gasteiger partial charge is 0.256 e. The lowest BCUT2D eigenvalue weighted by atomic mass is 10.2. The number of rotatable bonds is 7.